The minimum Gasteiger partial charge on any atom is -0.507 e. The van der Waals surface area contributed by atoms with Gasteiger partial charge in [-0.05, 0) is 56.0 Å². The molecule has 2 saturated heterocycles. The van der Waals surface area contributed by atoms with Crippen molar-refractivity contribution in [3.05, 3.63) is 65.2 Å². The number of hydrogen-bond acceptors (Lipinski definition) is 7. The highest BCUT2D eigenvalue weighted by atomic mass is 32.2. The zero-order valence-electron chi connectivity index (χ0n) is 22.6. The van der Waals surface area contributed by atoms with E-state index in [2.05, 4.69) is 0 Å². The normalized spacial score (nSPS) is 22.6. The molecule has 40 heavy (non-hydrogen) atoms. The van der Waals surface area contributed by atoms with Gasteiger partial charge in [0.15, 0.2) is 5.54 Å². The molecule has 2 aromatic carbocycles. The molecule has 1 spiro atoms. The van der Waals surface area contributed by atoms with Crippen LogP contribution in [-0.4, -0.2) is 80.2 Å². The summed E-state index contributed by atoms with van der Waals surface area (Å²) in [4.78, 5) is 44.3. The lowest BCUT2D eigenvalue weighted by molar-refractivity contribution is -0.143. The Morgan fingerprint density at radius 2 is 1.68 bits per heavy atom. The lowest BCUT2D eigenvalue weighted by Gasteiger charge is -2.34. The summed E-state index contributed by atoms with van der Waals surface area (Å²) < 4.78 is 32.6. The van der Waals surface area contributed by atoms with Gasteiger partial charge in [0, 0.05) is 51.0 Å². The smallest absolute Gasteiger partial charge is 0.296 e. The predicted molar refractivity (Wildman–Crippen MR) is 148 cm³/mol. The SMILES string of the molecule is CCCN1C(=O)C2(/C(=C(/O)c3ccc(S(=O)(=O)N4CCCC4)cc3)C(=O)C(=O)N2CCCOC)c2ccccc21. The number of likely N-dealkylation sites (tertiary alicyclic amines) is 1. The molecule has 1 unspecified atom stereocenters. The van der Waals surface area contributed by atoms with Gasteiger partial charge in [0.25, 0.3) is 17.6 Å². The number of carbonyl (C=O) groups excluding carboxylic acids is 3. The second-order valence-electron chi connectivity index (χ2n) is 10.2. The van der Waals surface area contributed by atoms with E-state index >= 15 is 0 Å². The Kier molecular flexibility index (Phi) is 7.56. The number of Topliss-reactive ketones (excluding diaryl/α,β-unsaturated/α-hetero) is 1. The fourth-order valence-corrected chi connectivity index (χ4v) is 7.50. The summed E-state index contributed by atoms with van der Waals surface area (Å²) in [5.74, 6) is -2.86. The molecule has 5 rings (SSSR count). The number of aliphatic hydroxyl groups excluding tert-OH is 1. The number of ether oxygens (including phenoxy) is 1. The van der Waals surface area contributed by atoms with Crippen LogP contribution in [0.15, 0.2) is 59.0 Å². The Balaban J connectivity index is 1.67. The van der Waals surface area contributed by atoms with Crippen LogP contribution < -0.4 is 4.90 Å². The van der Waals surface area contributed by atoms with Crippen LogP contribution in [-0.2, 0) is 34.7 Å². The minimum atomic E-state index is -3.69. The van der Waals surface area contributed by atoms with E-state index in [0.717, 1.165) is 12.8 Å². The minimum absolute atomic E-state index is 0.0578. The number of para-hydroxylation sites is 1. The zero-order valence-corrected chi connectivity index (χ0v) is 23.4. The molecule has 0 saturated carbocycles. The van der Waals surface area contributed by atoms with Crippen LogP contribution in [0.25, 0.3) is 5.76 Å². The molecule has 0 bridgehead atoms. The molecule has 2 fully saturated rings. The van der Waals surface area contributed by atoms with Crippen molar-refractivity contribution >= 4 is 39.1 Å². The van der Waals surface area contributed by atoms with Gasteiger partial charge in [0.1, 0.15) is 5.76 Å². The van der Waals surface area contributed by atoms with Crippen LogP contribution in [0.1, 0.15) is 43.7 Å². The van der Waals surface area contributed by atoms with Crippen molar-refractivity contribution in [1.29, 1.82) is 0 Å². The van der Waals surface area contributed by atoms with Crippen LogP contribution in [0.4, 0.5) is 5.69 Å². The first-order valence-corrected chi connectivity index (χ1v) is 15.0. The number of rotatable bonds is 9. The maximum Gasteiger partial charge on any atom is 0.296 e. The van der Waals surface area contributed by atoms with Gasteiger partial charge < -0.3 is 19.6 Å². The number of benzene rings is 2. The topological polar surface area (TPSA) is 125 Å². The molecule has 0 aromatic heterocycles. The number of aliphatic hydroxyl groups is 1. The third-order valence-electron chi connectivity index (χ3n) is 7.82. The Bertz CT molecular complexity index is 1480. The first kappa shape index (κ1) is 28.0. The van der Waals surface area contributed by atoms with Crippen molar-refractivity contribution in [2.45, 2.75) is 43.0 Å². The number of carbonyl (C=O) groups is 3. The third kappa shape index (κ3) is 4.15. The average Bonchev–Trinajstić information content (AvgIpc) is 3.64. The van der Waals surface area contributed by atoms with E-state index in [-0.39, 0.29) is 22.6 Å². The Hall–Kier alpha value is -3.54. The van der Waals surface area contributed by atoms with Gasteiger partial charge in [0.2, 0.25) is 10.0 Å². The maximum absolute atomic E-state index is 14.3. The van der Waals surface area contributed by atoms with Gasteiger partial charge in [-0.1, -0.05) is 25.1 Å². The number of nitrogens with zero attached hydrogens (tertiary/aromatic N) is 3. The summed E-state index contributed by atoms with van der Waals surface area (Å²) in [5, 5.41) is 11.6. The van der Waals surface area contributed by atoms with Crippen LogP contribution >= 0.6 is 0 Å². The summed E-state index contributed by atoms with van der Waals surface area (Å²) in [6, 6.07) is 12.5. The maximum atomic E-state index is 14.3. The second-order valence-corrected chi connectivity index (χ2v) is 12.1. The number of fused-ring (bicyclic) bond motifs is 2. The van der Waals surface area contributed by atoms with Gasteiger partial charge in [-0.15, -0.1) is 0 Å². The van der Waals surface area contributed by atoms with Crippen molar-refractivity contribution in [3.63, 3.8) is 0 Å². The summed E-state index contributed by atoms with van der Waals surface area (Å²) in [7, 11) is -2.17. The number of methoxy groups -OCH3 is 1. The molecule has 1 atom stereocenters. The molecule has 11 heteroatoms. The molecule has 3 aliphatic heterocycles. The zero-order chi connectivity index (χ0) is 28.7. The number of hydrogen-bond donors (Lipinski definition) is 1. The molecule has 3 aliphatic rings. The van der Waals surface area contributed by atoms with Gasteiger partial charge in [-0.3, -0.25) is 14.4 Å². The number of sulfonamides is 1. The molecular formula is C29H33N3O7S. The highest BCUT2D eigenvalue weighted by Gasteiger charge is 2.66. The summed E-state index contributed by atoms with van der Waals surface area (Å²) in [6.45, 7) is 3.56. The van der Waals surface area contributed by atoms with E-state index in [1.54, 1.807) is 29.2 Å². The standard InChI is InChI=1S/C29H33N3O7S/c1-3-15-31-23-10-5-4-9-22(23)29(28(31)36)24(26(34)27(35)32(29)18-8-19-39-2)25(33)20-11-13-21(14-12-20)40(37,38)30-16-6-7-17-30/h4-5,9-14,33H,3,6-8,15-19H2,1-2H3/b25-24+. The van der Waals surface area contributed by atoms with E-state index in [4.69, 9.17) is 4.74 Å². The molecule has 212 valence electrons. The first-order valence-electron chi connectivity index (χ1n) is 13.5. The van der Waals surface area contributed by atoms with Crippen molar-refractivity contribution in [2.24, 2.45) is 0 Å². The molecule has 3 heterocycles. The van der Waals surface area contributed by atoms with Crippen molar-refractivity contribution < 1.29 is 32.6 Å². The molecule has 0 radical (unpaired) electrons. The van der Waals surface area contributed by atoms with E-state index < -0.39 is 38.9 Å². The summed E-state index contributed by atoms with van der Waals surface area (Å²) in [5.41, 5.74) is -1.02. The summed E-state index contributed by atoms with van der Waals surface area (Å²) >= 11 is 0. The fraction of sp³-hybridized carbons (Fsp3) is 0.414. The number of amides is 2. The number of anilines is 1. The lowest BCUT2D eigenvalue weighted by Crippen LogP contribution is -2.52. The van der Waals surface area contributed by atoms with Crippen molar-refractivity contribution in [2.75, 3.05) is 44.8 Å². The Labute approximate surface area is 233 Å². The second kappa shape index (κ2) is 10.8. The fourth-order valence-electron chi connectivity index (χ4n) is 5.99. The van der Waals surface area contributed by atoms with Crippen LogP contribution in [0.3, 0.4) is 0 Å². The highest BCUT2D eigenvalue weighted by molar-refractivity contribution is 7.89. The Morgan fingerprint density at radius 1 is 1.00 bits per heavy atom. The van der Waals surface area contributed by atoms with Crippen molar-refractivity contribution in [3.8, 4) is 0 Å². The molecule has 2 amide bonds. The van der Waals surface area contributed by atoms with E-state index in [9.17, 15) is 27.9 Å². The molecule has 0 aliphatic carbocycles. The lowest BCUT2D eigenvalue weighted by atomic mass is 9.82. The van der Waals surface area contributed by atoms with Gasteiger partial charge in [0.05, 0.1) is 16.2 Å². The monoisotopic (exact) mass is 567 g/mol. The molecule has 1 N–H and O–H groups in total. The van der Waals surface area contributed by atoms with Gasteiger partial charge in [-0.25, -0.2) is 8.42 Å². The van der Waals surface area contributed by atoms with Crippen molar-refractivity contribution in [1.82, 2.24) is 9.21 Å². The Morgan fingerprint density at radius 3 is 2.33 bits per heavy atom. The quantitative estimate of drug-likeness (QED) is 0.214. The molecule has 10 nitrogen and oxygen atoms in total. The van der Waals surface area contributed by atoms with Crippen LogP contribution in [0, 0.1) is 0 Å². The first-order chi connectivity index (χ1) is 19.2. The van der Waals surface area contributed by atoms with Gasteiger partial charge in [-0.2, -0.15) is 4.31 Å². The largest absolute Gasteiger partial charge is 0.507 e. The average molecular weight is 568 g/mol. The van der Waals surface area contributed by atoms with Gasteiger partial charge >= 0.3 is 0 Å². The summed E-state index contributed by atoms with van der Waals surface area (Å²) in [6.07, 6.45) is 2.61. The van der Waals surface area contributed by atoms with E-state index in [1.807, 2.05) is 6.92 Å². The van der Waals surface area contributed by atoms with Crippen LogP contribution in [0.2, 0.25) is 0 Å². The molecule has 2 aromatic rings. The third-order valence-corrected chi connectivity index (χ3v) is 9.73. The molecular weight excluding hydrogens is 534 g/mol. The highest BCUT2D eigenvalue weighted by Crippen LogP contribution is 2.53. The van der Waals surface area contributed by atoms with Crippen LogP contribution in [0.5, 0.6) is 0 Å². The number of ketones is 1. The predicted octanol–water partition coefficient (Wildman–Crippen LogP) is 2.84. The van der Waals surface area contributed by atoms with E-state index in [1.165, 1.54) is 40.6 Å². The van der Waals surface area contributed by atoms with E-state index in [0.29, 0.717) is 50.3 Å².